The van der Waals surface area contributed by atoms with Gasteiger partial charge in [0.05, 0.1) is 0 Å². The molecule has 31 heavy (non-hydrogen) atoms. The van der Waals surface area contributed by atoms with Crippen molar-refractivity contribution in [1.82, 2.24) is 20.2 Å². The molecular weight excluding hydrogens is 412 g/mol. The molecule has 0 atom stereocenters. The highest BCUT2D eigenvalue weighted by atomic mass is 35.5. The molecule has 0 aliphatic carbocycles. The molecule has 1 N–H and O–H groups in total. The maximum Gasteiger partial charge on any atom is 0.253 e. The molecule has 1 aliphatic heterocycles. The number of rotatable bonds is 5. The summed E-state index contributed by atoms with van der Waals surface area (Å²) >= 11 is 6.02. The van der Waals surface area contributed by atoms with Crippen LogP contribution in [-0.4, -0.2) is 39.8 Å². The van der Waals surface area contributed by atoms with Gasteiger partial charge in [0.15, 0.2) is 0 Å². The molecule has 4 rings (SSSR count). The molecule has 1 aliphatic rings. The largest absolute Gasteiger partial charge is 0.348 e. The smallest absolute Gasteiger partial charge is 0.253 e. The number of nitrogens with zero attached hydrogens (tertiary/aromatic N) is 3. The van der Waals surface area contributed by atoms with Gasteiger partial charge in [0.2, 0.25) is 0 Å². The Bertz CT molecular complexity index is 1090. The Morgan fingerprint density at radius 3 is 2.29 bits per heavy atom. The van der Waals surface area contributed by atoms with Crippen LogP contribution in [0.3, 0.4) is 0 Å². The molecule has 2 heterocycles. The SMILES string of the molecule is Cc1ncc(CNC(=O)c2cc(C(=O)N3CCCC3)cc(-c3ccc(Cl)cc3)c2)cn1. The average Bonchev–Trinajstić information content (AvgIpc) is 3.33. The first-order valence-electron chi connectivity index (χ1n) is 10.3. The summed E-state index contributed by atoms with van der Waals surface area (Å²) in [5, 5.41) is 3.52. The van der Waals surface area contributed by atoms with Gasteiger partial charge in [-0.1, -0.05) is 23.7 Å². The van der Waals surface area contributed by atoms with Crippen molar-refractivity contribution in [1.29, 1.82) is 0 Å². The minimum atomic E-state index is -0.258. The Morgan fingerprint density at radius 1 is 0.968 bits per heavy atom. The third-order valence-corrected chi connectivity index (χ3v) is 5.55. The van der Waals surface area contributed by atoms with Gasteiger partial charge in [-0.15, -0.1) is 0 Å². The molecule has 0 unspecified atom stereocenters. The van der Waals surface area contributed by atoms with Gasteiger partial charge in [-0.3, -0.25) is 9.59 Å². The van der Waals surface area contributed by atoms with Crippen LogP contribution >= 0.6 is 11.6 Å². The summed E-state index contributed by atoms with van der Waals surface area (Å²) in [7, 11) is 0. The zero-order chi connectivity index (χ0) is 21.8. The first-order valence-corrected chi connectivity index (χ1v) is 10.6. The number of nitrogens with one attached hydrogen (secondary N) is 1. The quantitative estimate of drug-likeness (QED) is 0.650. The van der Waals surface area contributed by atoms with Crippen LogP contribution in [0.5, 0.6) is 0 Å². The molecule has 7 heteroatoms. The average molecular weight is 435 g/mol. The van der Waals surface area contributed by atoms with Crippen LogP contribution in [0.1, 0.15) is 44.9 Å². The highest BCUT2D eigenvalue weighted by Crippen LogP contribution is 2.26. The van der Waals surface area contributed by atoms with E-state index in [0.29, 0.717) is 28.5 Å². The molecule has 0 radical (unpaired) electrons. The van der Waals surface area contributed by atoms with E-state index in [9.17, 15) is 9.59 Å². The lowest BCUT2D eigenvalue weighted by atomic mass is 9.98. The molecular formula is C24H23ClN4O2. The van der Waals surface area contributed by atoms with E-state index in [1.54, 1.807) is 36.7 Å². The summed E-state index contributed by atoms with van der Waals surface area (Å²) in [6.07, 6.45) is 5.40. The molecule has 0 spiro atoms. The predicted molar refractivity (Wildman–Crippen MR) is 120 cm³/mol. The number of aromatic nitrogens is 2. The first-order chi connectivity index (χ1) is 15.0. The van der Waals surface area contributed by atoms with Crippen LogP contribution in [0.4, 0.5) is 0 Å². The van der Waals surface area contributed by atoms with Crippen molar-refractivity contribution in [3.63, 3.8) is 0 Å². The van der Waals surface area contributed by atoms with E-state index in [1.165, 1.54) is 0 Å². The van der Waals surface area contributed by atoms with Crippen LogP contribution in [-0.2, 0) is 6.54 Å². The number of amides is 2. The van der Waals surface area contributed by atoms with Crippen molar-refractivity contribution in [2.75, 3.05) is 13.1 Å². The maximum atomic E-state index is 13.0. The van der Waals surface area contributed by atoms with E-state index in [1.807, 2.05) is 30.0 Å². The van der Waals surface area contributed by atoms with Crippen molar-refractivity contribution in [3.05, 3.63) is 82.4 Å². The summed E-state index contributed by atoms with van der Waals surface area (Å²) in [6, 6.07) is 12.7. The number of benzene rings is 2. The van der Waals surface area contributed by atoms with Gasteiger partial charge < -0.3 is 10.2 Å². The van der Waals surface area contributed by atoms with Gasteiger partial charge in [-0.2, -0.15) is 0 Å². The second-order valence-corrected chi connectivity index (χ2v) is 8.06. The number of carbonyl (C=O) groups is 2. The number of aryl methyl sites for hydroxylation is 1. The monoisotopic (exact) mass is 434 g/mol. The molecule has 2 aromatic carbocycles. The zero-order valence-corrected chi connectivity index (χ0v) is 18.0. The fourth-order valence-corrected chi connectivity index (χ4v) is 3.71. The standard InChI is InChI=1S/C24H23ClN4O2/c1-16-26-13-17(14-27-16)15-28-23(30)20-10-19(18-4-6-22(25)7-5-18)11-21(12-20)24(31)29-8-2-3-9-29/h4-7,10-14H,2-3,8-9,15H2,1H3,(H,28,30). The van der Waals surface area contributed by atoms with Gasteiger partial charge in [0.1, 0.15) is 5.82 Å². The van der Waals surface area contributed by atoms with E-state index in [4.69, 9.17) is 11.6 Å². The van der Waals surface area contributed by atoms with Crippen LogP contribution in [0, 0.1) is 6.92 Å². The van der Waals surface area contributed by atoms with Gasteiger partial charge >= 0.3 is 0 Å². The van der Waals surface area contributed by atoms with E-state index in [2.05, 4.69) is 15.3 Å². The number of likely N-dealkylation sites (tertiary alicyclic amines) is 1. The number of carbonyl (C=O) groups excluding carboxylic acids is 2. The van der Waals surface area contributed by atoms with Crippen molar-refractivity contribution < 1.29 is 9.59 Å². The predicted octanol–water partition coefficient (Wildman–Crippen LogP) is 4.27. The highest BCUT2D eigenvalue weighted by Gasteiger charge is 2.21. The fraction of sp³-hybridized carbons (Fsp3) is 0.250. The fourth-order valence-electron chi connectivity index (χ4n) is 3.59. The molecule has 0 bridgehead atoms. The second-order valence-electron chi connectivity index (χ2n) is 7.63. The minimum absolute atomic E-state index is 0.0469. The summed E-state index contributed by atoms with van der Waals surface area (Å²) in [5.41, 5.74) is 3.44. The third kappa shape index (κ3) is 5.09. The molecule has 0 saturated carbocycles. The number of halogens is 1. The Labute approximate surface area is 186 Å². The van der Waals surface area contributed by atoms with E-state index >= 15 is 0 Å². The number of hydrogen-bond donors (Lipinski definition) is 1. The lowest BCUT2D eigenvalue weighted by Crippen LogP contribution is -2.28. The zero-order valence-electron chi connectivity index (χ0n) is 17.3. The lowest BCUT2D eigenvalue weighted by Gasteiger charge is -2.17. The van der Waals surface area contributed by atoms with Crippen LogP contribution < -0.4 is 5.32 Å². The van der Waals surface area contributed by atoms with E-state index in [0.717, 1.165) is 42.6 Å². The highest BCUT2D eigenvalue weighted by molar-refractivity contribution is 6.30. The molecule has 158 valence electrons. The lowest BCUT2D eigenvalue weighted by molar-refractivity contribution is 0.0793. The van der Waals surface area contributed by atoms with Gasteiger partial charge in [-0.25, -0.2) is 9.97 Å². The summed E-state index contributed by atoms with van der Waals surface area (Å²) in [5.74, 6) is 0.372. The first kappa shape index (κ1) is 21.0. The van der Waals surface area contributed by atoms with E-state index < -0.39 is 0 Å². The van der Waals surface area contributed by atoms with Crippen LogP contribution in [0.15, 0.2) is 54.9 Å². The molecule has 1 fully saturated rings. The Balaban J connectivity index is 1.63. The molecule has 1 aromatic heterocycles. The summed E-state index contributed by atoms with van der Waals surface area (Å²) in [4.78, 5) is 36.1. The third-order valence-electron chi connectivity index (χ3n) is 5.30. The Kier molecular flexibility index (Phi) is 6.28. The van der Waals surface area contributed by atoms with Crippen molar-refractivity contribution in [2.24, 2.45) is 0 Å². The normalized spacial score (nSPS) is 13.3. The number of hydrogen-bond acceptors (Lipinski definition) is 4. The molecule has 3 aromatic rings. The summed E-state index contributed by atoms with van der Waals surface area (Å²) in [6.45, 7) is 3.61. The molecule has 2 amide bonds. The van der Waals surface area contributed by atoms with Crippen molar-refractivity contribution in [3.8, 4) is 11.1 Å². The van der Waals surface area contributed by atoms with Gasteiger partial charge in [0, 0.05) is 53.7 Å². The van der Waals surface area contributed by atoms with Gasteiger partial charge in [0.25, 0.3) is 11.8 Å². The van der Waals surface area contributed by atoms with Crippen molar-refractivity contribution in [2.45, 2.75) is 26.3 Å². The molecule has 1 saturated heterocycles. The minimum Gasteiger partial charge on any atom is -0.348 e. The van der Waals surface area contributed by atoms with Crippen molar-refractivity contribution >= 4 is 23.4 Å². The molecule has 6 nitrogen and oxygen atoms in total. The maximum absolute atomic E-state index is 13.0. The topological polar surface area (TPSA) is 75.2 Å². The van der Waals surface area contributed by atoms with E-state index in [-0.39, 0.29) is 11.8 Å². The summed E-state index contributed by atoms with van der Waals surface area (Å²) < 4.78 is 0. The second kappa shape index (κ2) is 9.27. The Hall–Kier alpha value is -3.25. The Morgan fingerprint density at radius 2 is 1.61 bits per heavy atom. The van der Waals surface area contributed by atoms with Gasteiger partial charge in [-0.05, 0) is 61.2 Å². The van der Waals surface area contributed by atoms with Crippen LogP contribution in [0.2, 0.25) is 5.02 Å². The van der Waals surface area contributed by atoms with Crippen LogP contribution in [0.25, 0.3) is 11.1 Å².